The number of hydrogen-bond acceptors (Lipinski definition) is 5. The Balaban J connectivity index is 2.09. The van der Waals surface area contributed by atoms with Crippen LogP contribution in [0.1, 0.15) is 5.56 Å². The van der Waals surface area contributed by atoms with E-state index in [2.05, 4.69) is 4.18 Å². The molecule has 0 fully saturated rings. The van der Waals surface area contributed by atoms with Crippen LogP contribution in [0.5, 0.6) is 11.5 Å². The molecule has 0 N–H and O–H groups in total. The highest BCUT2D eigenvalue weighted by Crippen LogP contribution is 2.32. The van der Waals surface area contributed by atoms with E-state index < -0.39 is 22.2 Å². The Morgan fingerprint density at radius 3 is 2.42 bits per heavy atom. The van der Waals surface area contributed by atoms with Gasteiger partial charge in [0.1, 0.15) is 13.2 Å². The number of rotatable bonds is 3. The lowest BCUT2D eigenvalue weighted by molar-refractivity contribution is -0.0547. The molecule has 0 radical (unpaired) electrons. The van der Waals surface area contributed by atoms with Crippen LogP contribution >= 0.6 is 0 Å². The van der Waals surface area contributed by atoms with E-state index in [0.29, 0.717) is 24.7 Å². The molecule has 1 heterocycles. The Morgan fingerprint density at radius 1 is 1.16 bits per heavy atom. The van der Waals surface area contributed by atoms with Crippen LogP contribution in [0, 0.1) is 0 Å². The molecule has 0 aliphatic carbocycles. The van der Waals surface area contributed by atoms with Crippen molar-refractivity contribution in [3.8, 4) is 11.5 Å². The highest BCUT2D eigenvalue weighted by Gasteiger charge is 2.47. The van der Waals surface area contributed by atoms with Crippen molar-refractivity contribution in [2.75, 3.05) is 13.2 Å². The molecule has 2 rings (SSSR count). The maximum atomic E-state index is 12.1. The van der Waals surface area contributed by atoms with E-state index >= 15 is 0 Å². The third kappa shape index (κ3) is 3.10. The molecular formula is C10H9F3O5S. The zero-order valence-corrected chi connectivity index (χ0v) is 10.3. The zero-order valence-electron chi connectivity index (χ0n) is 9.44. The molecule has 0 bridgehead atoms. The maximum absolute atomic E-state index is 12.1. The summed E-state index contributed by atoms with van der Waals surface area (Å²) in [6.45, 7) is -0.0259. The standard InChI is InChI=1S/C10H9F3O5S/c11-10(12,13)19(14,15)18-6-7-1-2-8-9(5-7)17-4-3-16-8/h1-2,5H,3-4,6H2. The molecule has 1 aromatic carbocycles. The molecule has 1 aliphatic rings. The minimum Gasteiger partial charge on any atom is -0.486 e. The van der Waals surface area contributed by atoms with Gasteiger partial charge in [-0.25, -0.2) is 0 Å². The van der Waals surface area contributed by atoms with Gasteiger partial charge in [0.05, 0.1) is 6.61 Å². The van der Waals surface area contributed by atoms with Crippen molar-refractivity contribution in [1.82, 2.24) is 0 Å². The van der Waals surface area contributed by atoms with Crippen LogP contribution in [0.4, 0.5) is 13.2 Å². The molecule has 19 heavy (non-hydrogen) atoms. The van der Waals surface area contributed by atoms with Gasteiger partial charge in [-0.05, 0) is 17.7 Å². The Kier molecular flexibility index (Phi) is 3.59. The topological polar surface area (TPSA) is 61.8 Å². The Labute approximate surface area is 107 Å². The van der Waals surface area contributed by atoms with Gasteiger partial charge in [0.2, 0.25) is 0 Å². The second-order valence-electron chi connectivity index (χ2n) is 3.64. The first-order valence-corrected chi connectivity index (χ1v) is 6.55. The Bertz CT molecular complexity index is 567. The average molecular weight is 298 g/mol. The Morgan fingerprint density at radius 2 is 1.79 bits per heavy atom. The molecule has 0 unspecified atom stereocenters. The van der Waals surface area contributed by atoms with Crippen molar-refractivity contribution >= 4 is 10.1 Å². The van der Waals surface area contributed by atoms with Crippen molar-refractivity contribution in [3.63, 3.8) is 0 Å². The normalized spacial score (nSPS) is 15.3. The van der Waals surface area contributed by atoms with Crippen molar-refractivity contribution < 1.29 is 35.2 Å². The van der Waals surface area contributed by atoms with E-state index in [4.69, 9.17) is 9.47 Å². The summed E-state index contributed by atoms with van der Waals surface area (Å²) in [5.41, 5.74) is -5.20. The third-order valence-electron chi connectivity index (χ3n) is 2.27. The maximum Gasteiger partial charge on any atom is 0.523 e. The summed E-state index contributed by atoms with van der Waals surface area (Å²) in [6, 6.07) is 4.26. The van der Waals surface area contributed by atoms with Crippen LogP contribution in [-0.4, -0.2) is 27.1 Å². The number of halogens is 3. The van der Waals surface area contributed by atoms with E-state index in [1.807, 2.05) is 0 Å². The summed E-state index contributed by atoms with van der Waals surface area (Å²) >= 11 is 0. The summed E-state index contributed by atoms with van der Waals surface area (Å²) in [4.78, 5) is 0. The second-order valence-corrected chi connectivity index (χ2v) is 5.25. The van der Waals surface area contributed by atoms with Gasteiger partial charge < -0.3 is 9.47 Å². The summed E-state index contributed by atoms with van der Waals surface area (Å²) in [5.74, 6) is 0.797. The molecule has 0 aromatic heterocycles. The van der Waals surface area contributed by atoms with Gasteiger partial charge in [-0.15, -0.1) is 0 Å². The average Bonchev–Trinajstić information content (AvgIpc) is 2.35. The van der Waals surface area contributed by atoms with E-state index in [1.165, 1.54) is 18.2 Å². The van der Waals surface area contributed by atoms with Crippen LogP contribution in [-0.2, 0) is 20.9 Å². The highest BCUT2D eigenvalue weighted by atomic mass is 32.2. The molecule has 5 nitrogen and oxygen atoms in total. The number of ether oxygens (including phenoxy) is 2. The molecule has 9 heteroatoms. The van der Waals surface area contributed by atoms with Crippen LogP contribution in [0.25, 0.3) is 0 Å². The Hall–Kier alpha value is -1.48. The van der Waals surface area contributed by atoms with Gasteiger partial charge in [0.25, 0.3) is 0 Å². The zero-order chi connectivity index (χ0) is 14.1. The van der Waals surface area contributed by atoms with E-state index in [9.17, 15) is 21.6 Å². The number of hydrogen-bond donors (Lipinski definition) is 0. The van der Waals surface area contributed by atoms with Crippen LogP contribution < -0.4 is 9.47 Å². The van der Waals surface area contributed by atoms with Gasteiger partial charge in [-0.3, -0.25) is 4.18 Å². The lowest BCUT2D eigenvalue weighted by atomic mass is 10.2. The number of benzene rings is 1. The summed E-state index contributed by atoms with van der Waals surface area (Å²) in [5, 5.41) is 0. The van der Waals surface area contributed by atoms with Crippen LogP contribution in [0.3, 0.4) is 0 Å². The van der Waals surface area contributed by atoms with Crippen molar-refractivity contribution in [2.24, 2.45) is 0 Å². The van der Waals surface area contributed by atoms with E-state index in [-0.39, 0.29) is 5.56 Å². The third-order valence-corrected chi connectivity index (χ3v) is 3.27. The smallest absolute Gasteiger partial charge is 0.486 e. The summed E-state index contributed by atoms with van der Waals surface area (Å²) in [6.07, 6.45) is 0. The van der Waals surface area contributed by atoms with E-state index in [1.54, 1.807) is 0 Å². The van der Waals surface area contributed by atoms with Gasteiger partial charge in [-0.1, -0.05) is 6.07 Å². The first-order valence-electron chi connectivity index (χ1n) is 5.14. The molecular weight excluding hydrogens is 289 g/mol. The molecule has 0 amide bonds. The van der Waals surface area contributed by atoms with Crippen molar-refractivity contribution in [3.05, 3.63) is 23.8 Å². The fourth-order valence-corrected chi connectivity index (χ4v) is 1.81. The second kappa shape index (κ2) is 4.89. The van der Waals surface area contributed by atoms with Crippen LogP contribution in [0.2, 0.25) is 0 Å². The van der Waals surface area contributed by atoms with Crippen LogP contribution in [0.15, 0.2) is 18.2 Å². The van der Waals surface area contributed by atoms with Gasteiger partial charge in [0, 0.05) is 0 Å². The molecule has 0 atom stereocenters. The minimum absolute atomic E-state index is 0.233. The lowest BCUT2D eigenvalue weighted by Crippen LogP contribution is -2.25. The van der Waals surface area contributed by atoms with Crippen molar-refractivity contribution in [2.45, 2.75) is 12.1 Å². The minimum atomic E-state index is -5.59. The highest BCUT2D eigenvalue weighted by molar-refractivity contribution is 7.87. The molecule has 1 aromatic rings. The largest absolute Gasteiger partial charge is 0.523 e. The van der Waals surface area contributed by atoms with Gasteiger partial charge in [-0.2, -0.15) is 21.6 Å². The monoisotopic (exact) mass is 298 g/mol. The molecule has 0 saturated carbocycles. The first kappa shape index (κ1) is 13.9. The number of fused-ring (bicyclic) bond motifs is 1. The first-order chi connectivity index (χ1) is 8.79. The summed E-state index contributed by atoms with van der Waals surface area (Å²) < 4.78 is 71.9. The lowest BCUT2D eigenvalue weighted by Gasteiger charge is -2.18. The molecule has 106 valence electrons. The quantitative estimate of drug-likeness (QED) is 0.629. The summed E-state index contributed by atoms with van der Waals surface area (Å²) in [7, 11) is -5.59. The van der Waals surface area contributed by atoms with Gasteiger partial charge >= 0.3 is 15.6 Å². The SMILES string of the molecule is O=S(=O)(OCc1ccc2c(c1)OCCO2)C(F)(F)F. The number of alkyl halides is 3. The predicted octanol–water partition coefficient (Wildman–Crippen LogP) is 1.82. The fourth-order valence-electron chi connectivity index (χ4n) is 1.39. The molecule has 0 saturated heterocycles. The van der Waals surface area contributed by atoms with E-state index in [0.717, 1.165) is 0 Å². The van der Waals surface area contributed by atoms with Gasteiger partial charge in [0.15, 0.2) is 11.5 Å². The molecule has 1 aliphatic heterocycles. The predicted molar refractivity (Wildman–Crippen MR) is 57.2 cm³/mol. The van der Waals surface area contributed by atoms with Crippen molar-refractivity contribution in [1.29, 1.82) is 0 Å². The molecule has 0 spiro atoms. The fraction of sp³-hybridized carbons (Fsp3) is 0.400.